The molecule has 0 bridgehead atoms. The van der Waals surface area contributed by atoms with Crippen LogP contribution in [0.1, 0.15) is 30.3 Å². The van der Waals surface area contributed by atoms with E-state index in [1.165, 1.54) is 12.4 Å². The lowest BCUT2D eigenvalue weighted by Gasteiger charge is -2.33. The molecule has 0 aliphatic carbocycles. The van der Waals surface area contributed by atoms with E-state index >= 15 is 0 Å². The van der Waals surface area contributed by atoms with E-state index in [0.29, 0.717) is 12.4 Å². The van der Waals surface area contributed by atoms with E-state index in [2.05, 4.69) is 27.6 Å². The van der Waals surface area contributed by atoms with E-state index < -0.39 is 0 Å². The van der Waals surface area contributed by atoms with Crippen LogP contribution >= 0.6 is 0 Å². The molecular weight excluding hydrogens is 246 g/mol. The number of hydrogen-bond acceptors (Lipinski definition) is 6. The summed E-state index contributed by atoms with van der Waals surface area (Å²) in [6, 6.07) is 0. The van der Waals surface area contributed by atoms with Gasteiger partial charge in [-0.05, 0) is 18.3 Å². The highest BCUT2D eigenvalue weighted by atomic mass is 16.5. The third-order valence-corrected chi connectivity index (χ3v) is 3.41. The normalized spacial score (nSPS) is 17.8. The monoisotopic (exact) mass is 265 g/mol. The van der Waals surface area contributed by atoms with Gasteiger partial charge >= 0.3 is 0 Å². The minimum Gasteiger partial charge on any atom is -0.381 e. The smallest absolute Gasteiger partial charge is 0.271 e. The molecular formula is C12H19N5O2. The van der Waals surface area contributed by atoms with Crippen LogP contribution in [0.5, 0.6) is 0 Å². The van der Waals surface area contributed by atoms with E-state index in [1.54, 1.807) is 0 Å². The van der Waals surface area contributed by atoms with Gasteiger partial charge in [0.25, 0.3) is 5.91 Å². The molecule has 19 heavy (non-hydrogen) atoms. The van der Waals surface area contributed by atoms with Gasteiger partial charge < -0.3 is 15.5 Å². The van der Waals surface area contributed by atoms with Crippen LogP contribution < -0.4 is 16.6 Å². The maximum Gasteiger partial charge on any atom is 0.271 e. The SMILES string of the molecule is CC1(CNC(=O)c2cnc(NN)cn2)CCOCC1. The molecule has 0 radical (unpaired) electrons. The Kier molecular flexibility index (Phi) is 4.28. The molecule has 1 saturated heterocycles. The Bertz CT molecular complexity index is 428. The summed E-state index contributed by atoms with van der Waals surface area (Å²) in [5, 5.41) is 2.90. The third-order valence-electron chi connectivity index (χ3n) is 3.41. The predicted molar refractivity (Wildman–Crippen MR) is 70.3 cm³/mol. The van der Waals surface area contributed by atoms with Crippen molar-refractivity contribution in [2.75, 3.05) is 25.2 Å². The minimum atomic E-state index is -0.219. The second-order valence-corrected chi connectivity index (χ2v) is 5.04. The zero-order valence-corrected chi connectivity index (χ0v) is 11.0. The fraction of sp³-hybridized carbons (Fsp3) is 0.583. The average Bonchev–Trinajstić information content (AvgIpc) is 2.46. The number of nitrogens with two attached hydrogens (primary N) is 1. The zero-order chi connectivity index (χ0) is 13.7. The molecule has 7 nitrogen and oxygen atoms in total. The number of nitrogens with zero attached hydrogens (tertiary/aromatic N) is 2. The molecule has 2 heterocycles. The molecule has 0 atom stereocenters. The van der Waals surface area contributed by atoms with Crippen LogP contribution in [0, 0.1) is 5.41 Å². The van der Waals surface area contributed by atoms with E-state index in [9.17, 15) is 4.79 Å². The minimum absolute atomic E-state index is 0.0973. The van der Waals surface area contributed by atoms with Gasteiger partial charge in [-0.25, -0.2) is 15.8 Å². The molecule has 4 N–H and O–H groups in total. The number of amides is 1. The highest BCUT2D eigenvalue weighted by Gasteiger charge is 2.28. The van der Waals surface area contributed by atoms with Gasteiger partial charge in [0.05, 0.1) is 12.4 Å². The molecule has 2 rings (SSSR count). The largest absolute Gasteiger partial charge is 0.381 e. The Hall–Kier alpha value is -1.73. The molecule has 1 amide bonds. The maximum atomic E-state index is 11.9. The first kappa shape index (κ1) is 13.7. The number of hydrogen-bond donors (Lipinski definition) is 3. The van der Waals surface area contributed by atoms with Crippen molar-refractivity contribution in [2.45, 2.75) is 19.8 Å². The number of hydrazine groups is 1. The molecule has 1 aliphatic heterocycles. The summed E-state index contributed by atoms with van der Waals surface area (Å²) in [6.45, 7) is 4.28. The lowest BCUT2D eigenvalue weighted by molar-refractivity contribution is 0.0238. The van der Waals surface area contributed by atoms with Crippen LogP contribution in [0.2, 0.25) is 0 Å². The van der Waals surface area contributed by atoms with Crippen LogP contribution in [0.15, 0.2) is 12.4 Å². The highest BCUT2D eigenvalue weighted by molar-refractivity contribution is 5.92. The molecule has 7 heteroatoms. The van der Waals surface area contributed by atoms with E-state index in [-0.39, 0.29) is 17.0 Å². The number of anilines is 1. The fourth-order valence-electron chi connectivity index (χ4n) is 1.95. The van der Waals surface area contributed by atoms with Gasteiger partial charge in [0.15, 0.2) is 5.82 Å². The molecule has 0 unspecified atom stereocenters. The van der Waals surface area contributed by atoms with Crippen molar-refractivity contribution in [2.24, 2.45) is 11.3 Å². The quantitative estimate of drug-likeness (QED) is 0.535. The van der Waals surface area contributed by atoms with Crippen molar-refractivity contribution < 1.29 is 9.53 Å². The van der Waals surface area contributed by atoms with Crippen LogP contribution in [-0.2, 0) is 4.74 Å². The van der Waals surface area contributed by atoms with Crippen molar-refractivity contribution in [1.82, 2.24) is 15.3 Å². The number of aromatic nitrogens is 2. The Labute approximate surface area is 111 Å². The van der Waals surface area contributed by atoms with Gasteiger partial charge in [0, 0.05) is 19.8 Å². The van der Waals surface area contributed by atoms with E-state index in [0.717, 1.165) is 26.1 Å². The molecule has 0 spiro atoms. The second-order valence-electron chi connectivity index (χ2n) is 5.04. The van der Waals surface area contributed by atoms with Crippen LogP contribution in [0.4, 0.5) is 5.82 Å². The molecule has 0 aromatic carbocycles. The number of nitrogens with one attached hydrogen (secondary N) is 2. The third kappa shape index (κ3) is 3.62. The van der Waals surface area contributed by atoms with Gasteiger partial charge in [-0.1, -0.05) is 6.92 Å². The second kappa shape index (κ2) is 5.94. The fourth-order valence-corrected chi connectivity index (χ4v) is 1.95. The first-order chi connectivity index (χ1) is 9.13. The Morgan fingerprint density at radius 3 is 2.74 bits per heavy atom. The Morgan fingerprint density at radius 2 is 2.16 bits per heavy atom. The van der Waals surface area contributed by atoms with Gasteiger partial charge in [-0.3, -0.25) is 4.79 Å². The molecule has 1 aliphatic rings. The van der Waals surface area contributed by atoms with Crippen molar-refractivity contribution in [3.05, 3.63) is 18.1 Å². The first-order valence-electron chi connectivity index (χ1n) is 6.28. The number of carbonyl (C=O) groups excluding carboxylic acids is 1. The van der Waals surface area contributed by atoms with Gasteiger partial charge in [-0.2, -0.15) is 0 Å². The summed E-state index contributed by atoms with van der Waals surface area (Å²) in [4.78, 5) is 19.9. The number of carbonyl (C=O) groups is 1. The zero-order valence-electron chi connectivity index (χ0n) is 11.0. The number of nitrogen functional groups attached to an aromatic ring is 1. The van der Waals surface area contributed by atoms with Crippen LogP contribution in [0.3, 0.4) is 0 Å². The standard InChI is InChI=1S/C12H19N5O2/c1-12(2-4-19-5-3-12)8-16-11(18)9-6-15-10(17-13)7-14-9/h6-7H,2-5,8,13H2,1H3,(H,15,17)(H,16,18). The summed E-state index contributed by atoms with van der Waals surface area (Å²) in [5.41, 5.74) is 2.75. The Morgan fingerprint density at radius 1 is 1.42 bits per heavy atom. The van der Waals surface area contributed by atoms with Gasteiger partial charge in [0.2, 0.25) is 0 Å². The number of ether oxygens (including phenoxy) is 1. The van der Waals surface area contributed by atoms with E-state index in [4.69, 9.17) is 10.6 Å². The lowest BCUT2D eigenvalue weighted by Crippen LogP contribution is -2.39. The van der Waals surface area contributed by atoms with Gasteiger partial charge in [-0.15, -0.1) is 0 Å². The van der Waals surface area contributed by atoms with Crippen LogP contribution in [0.25, 0.3) is 0 Å². The van der Waals surface area contributed by atoms with Crippen molar-refractivity contribution in [3.63, 3.8) is 0 Å². The first-order valence-corrected chi connectivity index (χ1v) is 6.28. The van der Waals surface area contributed by atoms with Crippen LogP contribution in [-0.4, -0.2) is 35.6 Å². The predicted octanol–water partition coefficient (Wildman–Crippen LogP) is 0.309. The summed E-state index contributed by atoms with van der Waals surface area (Å²) < 4.78 is 5.33. The topological polar surface area (TPSA) is 102 Å². The Balaban J connectivity index is 1.89. The van der Waals surface area contributed by atoms with Crippen molar-refractivity contribution >= 4 is 11.7 Å². The molecule has 1 fully saturated rings. The summed E-state index contributed by atoms with van der Waals surface area (Å²) in [7, 11) is 0. The summed E-state index contributed by atoms with van der Waals surface area (Å²) in [6.07, 6.45) is 4.73. The molecule has 1 aromatic heterocycles. The highest BCUT2D eigenvalue weighted by Crippen LogP contribution is 2.28. The number of rotatable bonds is 4. The molecule has 104 valence electrons. The summed E-state index contributed by atoms with van der Waals surface area (Å²) in [5.74, 6) is 5.39. The van der Waals surface area contributed by atoms with Crippen molar-refractivity contribution in [3.8, 4) is 0 Å². The molecule has 0 saturated carbocycles. The van der Waals surface area contributed by atoms with Gasteiger partial charge in [0.1, 0.15) is 5.69 Å². The summed E-state index contributed by atoms with van der Waals surface area (Å²) >= 11 is 0. The lowest BCUT2D eigenvalue weighted by atomic mass is 9.82. The molecule has 1 aromatic rings. The van der Waals surface area contributed by atoms with Crippen molar-refractivity contribution in [1.29, 1.82) is 0 Å². The maximum absolute atomic E-state index is 11.9. The average molecular weight is 265 g/mol. The van der Waals surface area contributed by atoms with E-state index in [1.807, 2.05) is 0 Å².